The molecule has 4 heterocycles. The number of aromatic amines is 1. The molecule has 2 aliphatic heterocycles. The minimum absolute atomic E-state index is 0.00261. The van der Waals surface area contributed by atoms with Crippen molar-refractivity contribution in [3.63, 3.8) is 0 Å². The molecular weight excluding hydrogens is 474 g/mol. The lowest BCUT2D eigenvalue weighted by Gasteiger charge is -2.42. The summed E-state index contributed by atoms with van der Waals surface area (Å²) in [5, 5.41) is 9.90. The average molecular weight is 500 g/mol. The van der Waals surface area contributed by atoms with Gasteiger partial charge in [-0.3, -0.25) is 29.1 Å². The van der Waals surface area contributed by atoms with Crippen molar-refractivity contribution >= 4 is 40.9 Å². The molecule has 3 fully saturated rings. The van der Waals surface area contributed by atoms with Crippen molar-refractivity contribution in [3.8, 4) is 0 Å². The second-order valence-corrected chi connectivity index (χ2v) is 12.0. The van der Waals surface area contributed by atoms with Gasteiger partial charge in [0.05, 0.1) is 16.9 Å². The number of H-pyrrole nitrogens is 1. The van der Waals surface area contributed by atoms with E-state index in [0.717, 1.165) is 21.9 Å². The Morgan fingerprint density at radius 3 is 2.68 bits per heavy atom. The number of carboxylic acid groups (broad SMARTS) is 1. The van der Waals surface area contributed by atoms with Gasteiger partial charge in [0, 0.05) is 41.4 Å². The van der Waals surface area contributed by atoms with E-state index in [1.807, 2.05) is 18.3 Å². The number of carbonyl (C=O) groups is 3. The second-order valence-electron chi connectivity index (χ2n) is 9.78. The van der Waals surface area contributed by atoms with Gasteiger partial charge in [0.15, 0.2) is 0 Å². The third-order valence-electron chi connectivity index (χ3n) is 8.13. The maximum Gasteiger partial charge on any atom is 0.305 e. The summed E-state index contributed by atoms with van der Waals surface area (Å²) in [4.78, 5) is 59.5. The highest BCUT2D eigenvalue weighted by molar-refractivity contribution is 8.00. The van der Waals surface area contributed by atoms with Gasteiger partial charge in [-0.25, -0.2) is 0 Å². The van der Waals surface area contributed by atoms with Crippen molar-refractivity contribution < 1.29 is 19.5 Å². The molecule has 0 radical (unpaired) electrons. The molecule has 0 spiro atoms. The zero-order valence-corrected chi connectivity index (χ0v) is 20.0. The first kappa shape index (κ1) is 22.0. The van der Waals surface area contributed by atoms with E-state index in [4.69, 9.17) is 5.11 Å². The maximum absolute atomic E-state index is 13.5. The topological polar surface area (TPSA) is 120 Å². The highest BCUT2D eigenvalue weighted by atomic mass is 32.2. The molecule has 34 heavy (non-hydrogen) atoms. The zero-order valence-electron chi connectivity index (χ0n) is 18.4. The Bertz CT molecular complexity index is 1210. The van der Waals surface area contributed by atoms with Crippen LogP contribution in [0.25, 0.3) is 0 Å². The van der Waals surface area contributed by atoms with Crippen molar-refractivity contribution in [3.05, 3.63) is 44.6 Å². The molecule has 7 atom stereocenters. The predicted molar refractivity (Wildman–Crippen MR) is 126 cm³/mol. The van der Waals surface area contributed by atoms with Crippen molar-refractivity contribution in [1.82, 2.24) is 14.9 Å². The molecular formula is C24H25N3O5S2. The number of aromatic nitrogens is 2. The number of likely N-dealkylation sites (tertiary alicyclic amines) is 1. The number of unbranched alkanes of at least 4 members (excludes halogenated alkanes) is 2. The number of hydrogen-bond acceptors (Lipinski definition) is 7. The lowest BCUT2D eigenvalue weighted by atomic mass is 9.68. The van der Waals surface area contributed by atoms with Gasteiger partial charge < -0.3 is 10.1 Å². The summed E-state index contributed by atoms with van der Waals surface area (Å²) in [6.45, 7) is 0.374. The Morgan fingerprint density at radius 2 is 1.94 bits per heavy atom. The number of amides is 2. The van der Waals surface area contributed by atoms with Crippen LogP contribution >= 0.6 is 23.1 Å². The van der Waals surface area contributed by atoms with Crippen LogP contribution in [-0.2, 0) is 14.4 Å². The molecule has 2 aliphatic carbocycles. The first-order chi connectivity index (χ1) is 16.5. The highest BCUT2D eigenvalue weighted by Crippen LogP contribution is 2.68. The third-order valence-corrected chi connectivity index (χ3v) is 10.7. The van der Waals surface area contributed by atoms with Crippen molar-refractivity contribution in [2.75, 3.05) is 6.54 Å². The number of thioether (sulfide) groups is 1. The molecule has 0 aromatic carbocycles. The van der Waals surface area contributed by atoms with E-state index < -0.39 is 5.97 Å². The standard InChI is InChI=1S/C24H25N3O5S2/c28-14(29)6-2-1-3-8-27-22(30)17-12-9-13(18(17)23(27)31)19-16(12)15(11-5-4-7-25-10-11)20-21(33-19)26-24(32)34-20/h4-5,7,10,12-13,15-19H,1-3,6,8-9H2,(H,26,32)(H,28,29)/t12-,13-,15+,16-,17+,18-,19+/m1/s1. The van der Waals surface area contributed by atoms with Crippen molar-refractivity contribution in [1.29, 1.82) is 0 Å². The Hall–Kier alpha value is -2.46. The van der Waals surface area contributed by atoms with Gasteiger partial charge in [-0.15, -0.1) is 11.8 Å². The van der Waals surface area contributed by atoms with Crippen molar-refractivity contribution in [2.45, 2.75) is 48.3 Å². The fourth-order valence-corrected chi connectivity index (χ4v) is 9.84. The average Bonchev–Trinajstić information content (AvgIpc) is 3.54. The summed E-state index contributed by atoms with van der Waals surface area (Å²) < 4.78 is 0. The number of fused-ring (bicyclic) bond motifs is 9. The normalized spacial score (nSPS) is 33.2. The number of carboxylic acids is 1. The first-order valence-electron chi connectivity index (χ1n) is 11.8. The van der Waals surface area contributed by atoms with Crippen LogP contribution in [-0.4, -0.2) is 49.6 Å². The smallest absolute Gasteiger partial charge is 0.305 e. The van der Waals surface area contributed by atoms with Gasteiger partial charge in [0.2, 0.25) is 11.8 Å². The summed E-state index contributed by atoms with van der Waals surface area (Å²) in [7, 11) is 0. The number of thiazole rings is 1. The number of pyridine rings is 1. The summed E-state index contributed by atoms with van der Waals surface area (Å²) in [5.41, 5.74) is 1.06. The molecule has 1 saturated heterocycles. The van der Waals surface area contributed by atoms with Gasteiger partial charge in [-0.2, -0.15) is 0 Å². The Kier molecular flexibility index (Phi) is 5.40. The molecule has 2 bridgehead atoms. The number of carbonyl (C=O) groups excluding carboxylic acids is 2. The Morgan fingerprint density at radius 1 is 1.15 bits per heavy atom. The van der Waals surface area contributed by atoms with Gasteiger partial charge in [0.1, 0.15) is 0 Å². The zero-order chi connectivity index (χ0) is 23.6. The van der Waals surface area contributed by atoms with Crippen molar-refractivity contribution in [2.24, 2.45) is 29.6 Å². The van der Waals surface area contributed by atoms with E-state index in [1.54, 1.807) is 18.0 Å². The van der Waals surface area contributed by atoms with Crippen LogP contribution in [0.1, 0.15) is 48.5 Å². The number of hydrogen-bond donors (Lipinski definition) is 2. The molecule has 8 nitrogen and oxygen atoms in total. The number of rotatable bonds is 7. The van der Waals surface area contributed by atoms with Crippen LogP contribution in [0, 0.1) is 29.6 Å². The molecule has 2 amide bonds. The van der Waals surface area contributed by atoms with Crippen LogP contribution in [0.5, 0.6) is 0 Å². The Labute approximate surface area is 204 Å². The van der Waals surface area contributed by atoms with E-state index in [2.05, 4.69) is 9.97 Å². The van der Waals surface area contributed by atoms with Crippen LogP contribution < -0.4 is 4.87 Å². The number of nitrogens with one attached hydrogen (secondary N) is 1. The second kappa shape index (κ2) is 8.34. The van der Waals surface area contributed by atoms with Crippen LogP contribution in [0.3, 0.4) is 0 Å². The summed E-state index contributed by atoms with van der Waals surface area (Å²) in [5.74, 6) is -1.07. The predicted octanol–water partition coefficient (Wildman–Crippen LogP) is 2.95. The summed E-state index contributed by atoms with van der Waals surface area (Å²) in [6.07, 6.45) is 6.46. The molecule has 2 aromatic rings. The first-order valence-corrected chi connectivity index (χ1v) is 13.5. The molecule has 2 aromatic heterocycles. The van der Waals surface area contributed by atoms with E-state index in [-0.39, 0.29) is 63.9 Å². The highest BCUT2D eigenvalue weighted by Gasteiger charge is 2.69. The maximum atomic E-state index is 13.5. The largest absolute Gasteiger partial charge is 0.481 e. The van der Waals surface area contributed by atoms with Crippen LogP contribution in [0.4, 0.5) is 0 Å². The van der Waals surface area contributed by atoms with Gasteiger partial charge in [-0.05, 0) is 48.6 Å². The lowest BCUT2D eigenvalue weighted by molar-refractivity contribution is -0.141. The SMILES string of the molecule is O=C(O)CCCCCN1C(=O)[C@@H]2[C@H]3C[C@@H]([C@@H]2C1=O)[C@@H]1[C@H](c2cccnc2)c2sc(=O)[nH]c2S[C@@H]31. The van der Waals surface area contributed by atoms with Crippen LogP contribution in [0.2, 0.25) is 0 Å². The molecule has 6 rings (SSSR count). The molecule has 10 heteroatoms. The van der Waals surface area contributed by atoms with E-state index in [0.29, 0.717) is 25.8 Å². The van der Waals surface area contributed by atoms with Crippen LogP contribution in [0.15, 0.2) is 34.3 Å². The van der Waals surface area contributed by atoms with Gasteiger partial charge in [-0.1, -0.05) is 23.8 Å². The number of aliphatic carboxylic acids is 1. The minimum atomic E-state index is -0.822. The fraction of sp³-hybridized carbons (Fsp3) is 0.542. The van der Waals surface area contributed by atoms with E-state index >= 15 is 0 Å². The number of imide groups is 1. The fourth-order valence-electron chi connectivity index (χ4n) is 6.96. The van der Waals surface area contributed by atoms with Gasteiger partial charge >= 0.3 is 10.8 Å². The number of nitrogens with zero attached hydrogens (tertiary/aromatic N) is 2. The monoisotopic (exact) mass is 499 g/mol. The Balaban J connectivity index is 1.28. The molecule has 2 saturated carbocycles. The summed E-state index contributed by atoms with van der Waals surface area (Å²) in [6, 6.07) is 3.96. The summed E-state index contributed by atoms with van der Waals surface area (Å²) >= 11 is 2.94. The molecule has 4 aliphatic rings. The lowest BCUT2D eigenvalue weighted by Crippen LogP contribution is -2.42. The molecule has 178 valence electrons. The quantitative estimate of drug-likeness (QED) is 0.444. The van der Waals surface area contributed by atoms with E-state index in [9.17, 15) is 19.2 Å². The third kappa shape index (κ3) is 3.29. The molecule has 2 N–H and O–H groups in total. The van der Waals surface area contributed by atoms with Gasteiger partial charge in [0.25, 0.3) is 0 Å². The minimum Gasteiger partial charge on any atom is -0.481 e. The van der Waals surface area contributed by atoms with E-state index in [1.165, 1.54) is 16.2 Å². The molecule has 0 unspecified atom stereocenters.